The molecule has 6 nitrogen and oxygen atoms in total. The van der Waals surface area contributed by atoms with E-state index in [0.717, 1.165) is 16.4 Å². The molecule has 0 atom stereocenters. The number of carbonyl (C=O) groups excluding carboxylic acids is 1. The van der Waals surface area contributed by atoms with Crippen molar-refractivity contribution in [2.45, 2.75) is 11.1 Å². The highest BCUT2D eigenvalue weighted by atomic mass is 35.5. The fourth-order valence-corrected chi connectivity index (χ4v) is 5.06. The number of methoxy groups -OCH3 is 1. The molecule has 1 saturated heterocycles. The van der Waals surface area contributed by atoms with Crippen LogP contribution in [-0.4, -0.2) is 56.8 Å². The zero-order chi connectivity index (χ0) is 22.1. The first-order valence-corrected chi connectivity index (χ1v) is 10.7. The van der Waals surface area contributed by atoms with Crippen molar-refractivity contribution in [3.63, 3.8) is 0 Å². The highest BCUT2D eigenvalue weighted by Crippen LogP contribution is 2.34. The van der Waals surface area contributed by atoms with Crippen molar-refractivity contribution in [3.8, 4) is 5.75 Å². The van der Waals surface area contributed by atoms with Crippen molar-refractivity contribution < 1.29 is 31.1 Å². The minimum atomic E-state index is -4.70. The van der Waals surface area contributed by atoms with Gasteiger partial charge in [-0.15, -0.1) is 0 Å². The third kappa shape index (κ3) is 4.40. The van der Waals surface area contributed by atoms with E-state index in [1.807, 2.05) is 0 Å². The van der Waals surface area contributed by atoms with Gasteiger partial charge in [-0.3, -0.25) is 4.79 Å². The summed E-state index contributed by atoms with van der Waals surface area (Å²) in [6.07, 6.45) is -4.70. The monoisotopic (exact) mass is 462 g/mol. The van der Waals surface area contributed by atoms with Crippen LogP contribution in [0.4, 0.5) is 13.2 Å². The number of halogens is 4. The van der Waals surface area contributed by atoms with Gasteiger partial charge >= 0.3 is 6.18 Å². The Kier molecular flexibility index (Phi) is 6.30. The van der Waals surface area contributed by atoms with Crippen LogP contribution < -0.4 is 4.74 Å². The maximum Gasteiger partial charge on any atom is 0.416 e. The summed E-state index contributed by atoms with van der Waals surface area (Å²) in [5.41, 5.74) is -0.757. The summed E-state index contributed by atoms with van der Waals surface area (Å²) in [7, 11) is -2.82. The van der Waals surface area contributed by atoms with Crippen LogP contribution in [0, 0.1) is 0 Å². The van der Waals surface area contributed by atoms with E-state index in [-0.39, 0.29) is 37.1 Å². The highest BCUT2D eigenvalue weighted by Gasteiger charge is 2.36. The van der Waals surface area contributed by atoms with E-state index in [1.165, 1.54) is 12.0 Å². The SMILES string of the molecule is COc1ccccc1C(=O)N1CCN(S(=O)(=O)c2cc(C(F)(F)F)ccc2Cl)CC1. The number of hydrogen-bond donors (Lipinski definition) is 0. The molecule has 0 unspecified atom stereocenters. The summed E-state index contributed by atoms with van der Waals surface area (Å²) in [5, 5.41) is -0.296. The number of amides is 1. The van der Waals surface area contributed by atoms with Gasteiger partial charge in [-0.25, -0.2) is 8.42 Å². The summed E-state index contributed by atoms with van der Waals surface area (Å²) in [4.78, 5) is 13.6. The summed E-state index contributed by atoms with van der Waals surface area (Å²) in [6.45, 7) is 0.00494. The highest BCUT2D eigenvalue weighted by molar-refractivity contribution is 7.89. The van der Waals surface area contributed by atoms with Crippen LogP contribution in [0.3, 0.4) is 0 Å². The smallest absolute Gasteiger partial charge is 0.416 e. The topological polar surface area (TPSA) is 66.9 Å². The van der Waals surface area contributed by atoms with E-state index in [9.17, 15) is 26.4 Å². The molecule has 0 bridgehead atoms. The fraction of sp³-hybridized carbons (Fsp3) is 0.316. The summed E-state index contributed by atoms with van der Waals surface area (Å²) >= 11 is 5.89. The quantitative estimate of drug-likeness (QED) is 0.697. The first-order chi connectivity index (χ1) is 14.1. The third-order valence-corrected chi connectivity index (χ3v) is 7.12. The van der Waals surface area contributed by atoms with E-state index < -0.39 is 26.7 Å². The van der Waals surface area contributed by atoms with Crippen LogP contribution in [0.15, 0.2) is 47.4 Å². The molecule has 1 fully saturated rings. The predicted molar refractivity (Wildman–Crippen MR) is 104 cm³/mol. The van der Waals surface area contributed by atoms with Crippen LogP contribution in [0.1, 0.15) is 15.9 Å². The molecule has 162 valence electrons. The lowest BCUT2D eigenvalue weighted by molar-refractivity contribution is -0.137. The summed E-state index contributed by atoms with van der Waals surface area (Å²) < 4.78 is 70.9. The van der Waals surface area contributed by atoms with Gasteiger partial charge in [0.2, 0.25) is 10.0 Å². The average molecular weight is 463 g/mol. The standard InChI is InChI=1S/C19H18ClF3N2O4S/c1-29-16-5-3-2-4-14(16)18(26)24-8-10-25(11-9-24)30(27,28)17-12-13(19(21,22)23)6-7-15(17)20/h2-7,12H,8-11H2,1H3. The lowest BCUT2D eigenvalue weighted by atomic mass is 10.1. The van der Waals surface area contributed by atoms with Crippen LogP contribution in [-0.2, 0) is 16.2 Å². The van der Waals surface area contributed by atoms with Gasteiger partial charge in [0.05, 0.1) is 23.3 Å². The van der Waals surface area contributed by atoms with Crippen molar-refractivity contribution in [3.05, 3.63) is 58.6 Å². The first kappa shape index (κ1) is 22.4. The predicted octanol–water partition coefficient (Wildman–Crippen LogP) is 3.51. The molecule has 30 heavy (non-hydrogen) atoms. The van der Waals surface area contributed by atoms with E-state index in [2.05, 4.69) is 0 Å². The number of hydrogen-bond acceptors (Lipinski definition) is 4. The Morgan fingerprint density at radius 2 is 1.70 bits per heavy atom. The molecular formula is C19H18ClF3N2O4S. The summed E-state index contributed by atoms with van der Waals surface area (Å²) in [6, 6.07) is 8.83. The molecule has 0 radical (unpaired) electrons. The van der Waals surface area contributed by atoms with Gasteiger partial charge in [-0.05, 0) is 30.3 Å². The van der Waals surface area contributed by atoms with Gasteiger partial charge < -0.3 is 9.64 Å². The molecule has 1 aliphatic heterocycles. The van der Waals surface area contributed by atoms with Crippen LogP contribution in [0.25, 0.3) is 0 Å². The molecule has 1 amide bonds. The number of carbonyl (C=O) groups is 1. The molecule has 3 rings (SSSR count). The van der Waals surface area contributed by atoms with E-state index in [0.29, 0.717) is 17.4 Å². The third-order valence-electron chi connectivity index (χ3n) is 4.74. The number of piperazine rings is 1. The van der Waals surface area contributed by atoms with Gasteiger partial charge in [-0.2, -0.15) is 17.5 Å². The number of nitrogens with zero attached hydrogens (tertiary/aromatic N) is 2. The van der Waals surface area contributed by atoms with E-state index >= 15 is 0 Å². The Hall–Kier alpha value is -2.30. The lowest BCUT2D eigenvalue weighted by Crippen LogP contribution is -2.50. The molecule has 1 aliphatic rings. The molecule has 0 aliphatic carbocycles. The lowest BCUT2D eigenvalue weighted by Gasteiger charge is -2.34. The number of sulfonamides is 1. The second kappa shape index (κ2) is 8.44. The zero-order valence-electron chi connectivity index (χ0n) is 15.8. The van der Waals surface area contributed by atoms with Crippen LogP contribution >= 0.6 is 11.6 Å². The average Bonchev–Trinajstić information content (AvgIpc) is 2.72. The Bertz CT molecular complexity index is 1050. The van der Waals surface area contributed by atoms with Gasteiger partial charge in [0.15, 0.2) is 0 Å². The van der Waals surface area contributed by atoms with Gasteiger partial charge in [-0.1, -0.05) is 23.7 Å². The Morgan fingerprint density at radius 3 is 2.30 bits per heavy atom. The van der Waals surface area contributed by atoms with Crippen molar-refractivity contribution in [2.75, 3.05) is 33.3 Å². The molecule has 2 aromatic rings. The van der Waals surface area contributed by atoms with Crippen molar-refractivity contribution in [2.24, 2.45) is 0 Å². The maximum absolute atomic E-state index is 13.0. The second-order valence-electron chi connectivity index (χ2n) is 6.54. The largest absolute Gasteiger partial charge is 0.496 e. The molecule has 0 aromatic heterocycles. The Labute approximate surface area is 176 Å². The van der Waals surface area contributed by atoms with Crippen LogP contribution in [0.2, 0.25) is 5.02 Å². The molecule has 0 saturated carbocycles. The number of para-hydroxylation sites is 1. The normalized spacial score (nSPS) is 15.8. The number of rotatable bonds is 4. The first-order valence-electron chi connectivity index (χ1n) is 8.85. The van der Waals surface area contributed by atoms with Crippen molar-refractivity contribution >= 4 is 27.5 Å². The van der Waals surface area contributed by atoms with Crippen LogP contribution in [0.5, 0.6) is 5.75 Å². The van der Waals surface area contributed by atoms with E-state index in [1.54, 1.807) is 24.3 Å². The van der Waals surface area contributed by atoms with Gasteiger partial charge in [0, 0.05) is 26.2 Å². The van der Waals surface area contributed by atoms with Crippen molar-refractivity contribution in [1.82, 2.24) is 9.21 Å². The van der Waals surface area contributed by atoms with E-state index in [4.69, 9.17) is 16.3 Å². The minimum absolute atomic E-state index is 0.0736. The Balaban J connectivity index is 1.78. The molecule has 0 spiro atoms. The number of ether oxygens (including phenoxy) is 1. The number of benzene rings is 2. The molecule has 11 heteroatoms. The second-order valence-corrected chi connectivity index (χ2v) is 8.85. The Morgan fingerprint density at radius 1 is 1.07 bits per heavy atom. The van der Waals surface area contributed by atoms with Gasteiger partial charge in [0.1, 0.15) is 10.6 Å². The molecule has 1 heterocycles. The van der Waals surface area contributed by atoms with Gasteiger partial charge in [0.25, 0.3) is 5.91 Å². The molecule has 0 N–H and O–H groups in total. The minimum Gasteiger partial charge on any atom is -0.496 e. The summed E-state index contributed by atoms with van der Waals surface area (Å²) in [5.74, 6) is 0.0786. The fourth-order valence-electron chi connectivity index (χ4n) is 3.14. The van der Waals surface area contributed by atoms with Crippen molar-refractivity contribution in [1.29, 1.82) is 0 Å². The number of alkyl halides is 3. The molecule has 2 aromatic carbocycles. The maximum atomic E-state index is 13.0. The zero-order valence-corrected chi connectivity index (χ0v) is 17.4. The molecular weight excluding hydrogens is 445 g/mol.